The van der Waals surface area contributed by atoms with Gasteiger partial charge in [0.25, 0.3) is 5.91 Å². The van der Waals surface area contributed by atoms with Gasteiger partial charge >= 0.3 is 0 Å². The van der Waals surface area contributed by atoms with E-state index in [4.69, 9.17) is 4.74 Å². The Morgan fingerprint density at radius 3 is 3.00 bits per heavy atom. The molecule has 1 aliphatic rings. The Morgan fingerprint density at radius 1 is 1.59 bits per heavy atom. The molecule has 6 nitrogen and oxygen atoms in total. The topological polar surface area (TPSA) is 68.2 Å². The Balaban J connectivity index is 2.34. The highest BCUT2D eigenvalue weighted by Gasteiger charge is 2.27. The van der Waals surface area contributed by atoms with Crippen LogP contribution < -0.4 is 10.6 Å². The van der Waals surface area contributed by atoms with Crippen molar-refractivity contribution in [3.63, 3.8) is 0 Å². The van der Waals surface area contributed by atoms with Gasteiger partial charge in [-0.15, -0.1) is 0 Å². The van der Waals surface area contributed by atoms with Gasteiger partial charge in [-0.3, -0.25) is 9.48 Å². The van der Waals surface area contributed by atoms with Crippen LogP contribution >= 0.6 is 0 Å². The van der Waals surface area contributed by atoms with Crippen LogP contribution in [0.2, 0.25) is 0 Å². The van der Waals surface area contributed by atoms with Crippen LogP contribution in [0.1, 0.15) is 19.0 Å². The Labute approximate surface area is 100 Å². The number of carbonyl (C=O) groups is 1. The molecule has 0 radical (unpaired) electrons. The van der Waals surface area contributed by atoms with Crippen molar-refractivity contribution in [3.8, 4) is 0 Å². The number of nitrogens with zero attached hydrogens (tertiary/aromatic N) is 2. The molecule has 2 rings (SSSR count). The highest BCUT2D eigenvalue weighted by molar-refractivity contribution is 5.99. The molecular weight excluding hydrogens is 220 g/mol. The van der Waals surface area contributed by atoms with Gasteiger partial charge in [0.2, 0.25) is 0 Å². The lowest BCUT2D eigenvalue weighted by Gasteiger charge is -2.11. The zero-order valence-corrected chi connectivity index (χ0v) is 10.4. The third-order valence-corrected chi connectivity index (χ3v) is 2.89. The monoisotopic (exact) mass is 238 g/mol. The van der Waals surface area contributed by atoms with Crippen LogP contribution in [0.3, 0.4) is 0 Å². The number of ether oxygens (including phenoxy) is 1. The van der Waals surface area contributed by atoms with E-state index in [0.717, 1.165) is 30.0 Å². The van der Waals surface area contributed by atoms with E-state index in [2.05, 4.69) is 22.7 Å². The number of amides is 1. The van der Waals surface area contributed by atoms with E-state index in [-0.39, 0.29) is 5.91 Å². The molecule has 1 aromatic heterocycles. The normalized spacial score (nSPS) is 19.2. The van der Waals surface area contributed by atoms with Crippen LogP contribution in [-0.2, 0) is 23.0 Å². The molecule has 0 aromatic carbocycles. The molecular formula is C11H18N4O2. The maximum Gasteiger partial charge on any atom is 0.255 e. The van der Waals surface area contributed by atoms with Crippen LogP contribution in [0.15, 0.2) is 0 Å². The number of fused-ring (bicyclic) bond motifs is 1. The summed E-state index contributed by atoms with van der Waals surface area (Å²) >= 11 is 0. The number of aromatic nitrogens is 2. The minimum Gasteiger partial charge on any atom is -0.370 e. The molecule has 94 valence electrons. The summed E-state index contributed by atoms with van der Waals surface area (Å²) in [6, 6.07) is 0. The van der Waals surface area contributed by atoms with E-state index in [1.54, 1.807) is 4.68 Å². The van der Waals surface area contributed by atoms with Gasteiger partial charge in [-0.1, -0.05) is 13.3 Å². The van der Waals surface area contributed by atoms with Gasteiger partial charge in [0.15, 0.2) is 6.10 Å². The number of rotatable bonds is 3. The van der Waals surface area contributed by atoms with Crippen molar-refractivity contribution in [1.82, 2.24) is 9.78 Å². The van der Waals surface area contributed by atoms with Gasteiger partial charge in [0, 0.05) is 14.2 Å². The molecule has 1 unspecified atom stereocenters. The molecule has 1 amide bonds. The molecule has 2 heterocycles. The van der Waals surface area contributed by atoms with E-state index in [9.17, 15) is 4.79 Å². The number of carbonyl (C=O) groups excluding carboxylic acids is 1. The average molecular weight is 238 g/mol. The van der Waals surface area contributed by atoms with Crippen molar-refractivity contribution in [3.05, 3.63) is 5.69 Å². The van der Waals surface area contributed by atoms with Crippen molar-refractivity contribution in [1.29, 1.82) is 0 Å². The molecule has 0 fully saturated rings. The second kappa shape index (κ2) is 4.75. The van der Waals surface area contributed by atoms with E-state index >= 15 is 0 Å². The predicted octanol–water partition coefficient (Wildman–Crippen LogP) is 0.752. The quantitative estimate of drug-likeness (QED) is 0.815. The fraction of sp³-hybridized carbons (Fsp3) is 0.636. The number of hydrogen-bond acceptors (Lipinski definition) is 4. The first-order valence-electron chi connectivity index (χ1n) is 5.80. The summed E-state index contributed by atoms with van der Waals surface area (Å²) in [6.45, 7) is 2.55. The zero-order valence-electron chi connectivity index (χ0n) is 10.4. The van der Waals surface area contributed by atoms with Crippen LogP contribution in [0.4, 0.5) is 11.5 Å². The number of aryl methyl sites for hydroxylation is 2. The van der Waals surface area contributed by atoms with Crippen LogP contribution in [0.25, 0.3) is 0 Å². The summed E-state index contributed by atoms with van der Waals surface area (Å²) in [5.41, 5.74) is 1.71. The SMILES string of the molecule is CCCc1nn(C)c2c1NC(=O)C(OC)CN2. The summed E-state index contributed by atoms with van der Waals surface area (Å²) < 4.78 is 6.88. The standard InChI is InChI=1S/C11H18N4O2/c1-4-5-7-9-10(15(2)14-7)12-6-8(17-3)11(16)13-9/h8,12H,4-6H2,1-3H3,(H,13,16). The Hall–Kier alpha value is -1.56. The molecule has 0 bridgehead atoms. The maximum absolute atomic E-state index is 11.9. The molecule has 0 spiro atoms. The minimum absolute atomic E-state index is 0.121. The third kappa shape index (κ3) is 2.12. The number of nitrogens with one attached hydrogen (secondary N) is 2. The van der Waals surface area contributed by atoms with E-state index in [0.29, 0.717) is 6.54 Å². The van der Waals surface area contributed by atoms with E-state index in [1.807, 2.05) is 7.05 Å². The second-order valence-electron chi connectivity index (χ2n) is 4.14. The van der Waals surface area contributed by atoms with Gasteiger partial charge in [-0.05, 0) is 6.42 Å². The highest BCUT2D eigenvalue weighted by Crippen LogP contribution is 2.28. The first kappa shape index (κ1) is 11.9. The minimum atomic E-state index is -0.461. The molecule has 0 saturated carbocycles. The second-order valence-corrected chi connectivity index (χ2v) is 4.14. The molecule has 0 aliphatic carbocycles. The van der Waals surface area contributed by atoms with E-state index < -0.39 is 6.10 Å². The highest BCUT2D eigenvalue weighted by atomic mass is 16.5. The van der Waals surface area contributed by atoms with E-state index in [1.165, 1.54) is 7.11 Å². The smallest absolute Gasteiger partial charge is 0.255 e. The van der Waals surface area contributed by atoms with Gasteiger partial charge < -0.3 is 15.4 Å². The van der Waals surface area contributed by atoms with Gasteiger partial charge in [-0.2, -0.15) is 5.10 Å². The molecule has 1 aliphatic heterocycles. The Kier molecular flexibility index (Phi) is 3.33. The Bertz CT molecular complexity index is 427. The molecule has 17 heavy (non-hydrogen) atoms. The largest absolute Gasteiger partial charge is 0.370 e. The van der Waals surface area contributed by atoms with Crippen molar-refractivity contribution in [2.45, 2.75) is 25.9 Å². The van der Waals surface area contributed by atoms with Crippen molar-refractivity contribution < 1.29 is 9.53 Å². The first-order chi connectivity index (χ1) is 8.17. The lowest BCUT2D eigenvalue weighted by molar-refractivity contribution is -0.124. The Morgan fingerprint density at radius 2 is 2.35 bits per heavy atom. The maximum atomic E-state index is 11.9. The van der Waals surface area contributed by atoms with Gasteiger partial charge in [-0.25, -0.2) is 0 Å². The number of methoxy groups -OCH3 is 1. The zero-order chi connectivity index (χ0) is 12.4. The lowest BCUT2D eigenvalue weighted by atomic mass is 10.2. The molecule has 1 atom stereocenters. The summed E-state index contributed by atoms with van der Waals surface area (Å²) in [7, 11) is 3.40. The molecule has 0 saturated heterocycles. The number of hydrogen-bond donors (Lipinski definition) is 2. The average Bonchev–Trinajstić information content (AvgIpc) is 2.49. The van der Waals surface area contributed by atoms with Crippen molar-refractivity contribution >= 4 is 17.4 Å². The lowest BCUT2D eigenvalue weighted by Crippen LogP contribution is -2.33. The fourth-order valence-corrected chi connectivity index (χ4v) is 2.00. The van der Waals surface area contributed by atoms with Gasteiger partial charge in [0.1, 0.15) is 11.5 Å². The summed E-state index contributed by atoms with van der Waals surface area (Å²) in [5, 5.41) is 10.5. The summed E-state index contributed by atoms with van der Waals surface area (Å²) in [5.74, 6) is 0.727. The summed E-state index contributed by atoms with van der Waals surface area (Å²) in [6.07, 6.45) is 1.38. The van der Waals surface area contributed by atoms with Crippen LogP contribution in [0, 0.1) is 0 Å². The third-order valence-electron chi connectivity index (χ3n) is 2.89. The van der Waals surface area contributed by atoms with Crippen molar-refractivity contribution in [2.75, 3.05) is 24.3 Å². The van der Waals surface area contributed by atoms with Crippen molar-refractivity contribution in [2.24, 2.45) is 7.05 Å². The molecule has 6 heteroatoms. The number of anilines is 2. The first-order valence-corrected chi connectivity index (χ1v) is 5.80. The predicted molar refractivity (Wildman–Crippen MR) is 65.1 cm³/mol. The van der Waals surface area contributed by atoms with Crippen LogP contribution in [-0.4, -0.2) is 35.4 Å². The molecule has 2 N–H and O–H groups in total. The fourth-order valence-electron chi connectivity index (χ4n) is 2.00. The van der Waals surface area contributed by atoms with Crippen LogP contribution in [0.5, 0.6) is 0 Å². The molecule has 1 aromatic rings. The van der Waals surface area contributed by atoms with Gasteiger partial charge in [0.05, 0.1) is 12.2 Å². The summed E-state index contributed by atoms with van der Waals surface area (Å²) in [4.78, 5) is 11.9.